The van der Waals surface area contributed by atoms with Gasteiger partial charge in [-0.25, -0.2) is 8.42 Å². The lowest BCUT2D eigenvalue weighted by atomic mass is 10.1. The van der Waals surface area contributed by atoms with E-state index in [0.29, 0.717) is 6.07 Å². The standard InChI is InChI=1S/C17H13F3N2O4S/c18-17(19,20)11-4-3-5-12(10-11)21-27(25,26)9-8-22-15(23)13-6-1-2-7-14(13)16(22)24/h1-7,10,21H,8-9H2. The number of anilines is 1. The van der Waals surface area contributed by atoms with Gasteiger partial charge in [0.1, 0.15) is 0 Å². The molecule has 27 heavy (non-hydrogen) atoms. The predicted molar refractivity (Wildman–Crippen MR) is 90.7 cm³/mol. The second-order valence-electron chi connectivity index (χ2n) is 5.81. The normalized spacial score (nSPS) is 14.4. The van der Waals surface area contributed by atoms with Gasteiger partial charge in [-0.15, -0.1) is 0 Å². The van der Waals surface area contributed by atoms with Crippen molar-refractivity contribution < 1.29 is 31.2 Å². The molecule has 0 aliphatic carbocycles. The smallest absolute Gasteiger partial charge is 0.283 e. The second-order valence-corrected chi connectivity index (χ2v) is 7.65. The summed E-state index contributed by atoms with van der Waals surface area (Å²) in [5.41, 5.74) is -0.883. The number of alkyl halides is 3. The van der Waals surface area contributed by atoms with Crippen molar-refractivity contribution in [3.63, 3.8) is 0 Å². The van der Waals surface area contributed by atoms with Crippen molar-refractivity contribution in [3.8, 4) is 0 Å². The number of halogens is 3. The number of fused-ring (bicyclic) bond motifs is 1. The van der Waals surface area contributed by atoms with Crippen molar-refractivity contribution >= 4 is 27.5 Å². The van der Waals surface area contributed by atoms with Crippen LogP contribution in [0.4, 0.5) is 18.9 Å². The van der Waals surface area contributed by atoms with Crippen LogP contribution < -0.4 is 4.72 Å². The molecule has 0 saturated carbocycles. The van der Waals surface area contributed by atoms with E-state index in [9.17, 15) is 31.2 Å². The molecule has 1 heterocycles. The zero-order valence-electron chi connectivity index (χ0n) is 13.7. The summed E-state index contributed by atoms with van der Waals surface area (Å²) >= 11 is 0. The van der Waals surface area contributed by atoms with Crippen molar-refractivity contribution in [2.75, 3.05) is 17.0 Å². The fourth-order valence-corrected chi connectivity index (χ4v) is 3.65. The number of benzene rings is 2. The van der Waals surface area contributed by atoms with Crippen LogP contribution in [0.3, 0.4) is 0 Å². The minimum absolute atomic E-state index is 0.186. The maximum Gasteiger partial charge on any atom is 0.416 e. The van der Waals surface area contributed by atoms with E-state index < -0.39 is 45.9 Å². The molecule has 10 heteroatoms. The van der Waals surface area contributed by atoms with Crippen LogP contribution in [-0.4, -0.2) is 37.4 Å². The number of sulfonamides is 1. The molecule has 6 nitrogen and oxygen atoms in total. The van der Waals surface area contributed by atoms with Crippen molar-refractivity contribution in [2.45, 2.75) is 6.18 Å². The Balaban J connectivity index is 1.70. The highest BCUT2D eigenvalue weighted by Gasteiger charge is 2.35. The molecular weight excluding hydrogens is 385 g/mol. The Bertz CT molecular complexity index is 984. The van der Waals surface area contributed by atoms with Gasteiger partial charge in [-0.2, -0.15) is 13.2 Å². The van der Waals surface area contributed by atoms with E-state index in [-0.39, 0.29) is 16.8 Å². The lowest BCUT2D eigenvalue weighted by Crippen LogP contribution is -2.35. The van der Waals surface area contributed by atoms with Gasteiger partial charge in [-0.05, 0) is 30.3 Å². The van der Waals surface area contributed by atoms with E-state index in [0.717, 1.165) is 17.0 Å². The van der Waals surface area contributed by atoms with Crippen molar-refractivity contribution in [2.24, 2.45) is 0 Å². The molecule has 1 N–H and O–H groups in total. The lowest BCUT2D eigenvalue weighted by molar-refractivity contribution is -0.137. The van der Waals surface area contributed by atoms with Crippen molar-refractivity contribution in [3.05, 3.63) is 65.2 Å². The molecule has 0 unspecified atom stereocenters. The fraction of sp³-hybridized carbons (Fsp3) is 0.176. The molecule has 2 aromatic rings. The fourth-order valence-electron chi connectivity index (χ4n) is 2.64. The number of imide groups is 1. The Morgan fingerprint density at radius 2 is 1.52 bits per heavy atom. The van der Waals surface area contributed by atoms with E-state index in [2.05, 4.69) is 0 Å². The second kappa shape index (κ2) is 6.69. The monoisotopic (exact) mass is 398 g/mol. The van der Waals surface area contributed by atoms with Gasteiger partial charge in [0.15, 0.2) is 0 Å². The van der Waals surface area contributed by atoms with Gasteiger partial charge in [0.25, 0.3) is 11.8 Å². The molecule has 0 fully saturated rings. The maximum absolute atomic E-state index is 12.7. The van der Waals surface area contributed by atoms with Crippen LogP contribution in [0.1, 0.15) is 26.3 Å². The molecule has 1 aliphatic heterocycles. The van der Waals surface area contributed by atoms with Crippen LogP contribution in [0.15, 0.2) is 48.5 Å². The predicted octanol–water partition coefficient (Wildman–Crippen LogP) is 2.74. The van der Waals surface area contributed by atoms with E-state index in [1.165, 1.54) is 18.2 Å². The summed E-state index contributed by atoms with van der Waals surface area (Å²) in [5.74, 6) is -1.86. The molecule has 3 rings (SSSR count). The average molecular weight is 398 g/mol. The van der Waals surface area contributed by atoms with E-state index >= 15 is 0 Å². The van der Waals surface area contributed by atoms with Gasteiger partial charge in [-0.3, -0.25) is 19.2 Å². The molecule has 2 aromatic carbocycles. The highest BCUT2D eigenvalue weighted by Crippen LogP contribution is 2.31. The summed E-state index contributed by atoms with van der Waals surface area (Å²) in [6, 6.07) is 9.82. The third-order valence-corrected chi connectivity index (χ3v) is 5.19. The molecule has 0 atom stereocenters. The highest BCUT2D eigenvalue weighted by atomic mass is 32.2. The number of nitrogens with one attached hydrogen (secondary N) is 1. The Labute approximate surface area is 152 Å². The number of carbonyl (C=O) groups excluding carboxylic acids is 2. The molecule has 1 aliphatic rings. The minimum atomic E-state index is -4.61. The Morgan fingerprint density at radius 1 is 0.926 bits per heavy atom. The van der Waals surface area contributed by atoms with Crippen molar-refractivity contribution in [1.82, 2.24) is 4.90 Å². The number of hydrogen-bond acceptors (Lipinski definition) is 4. The molecule has 142 valence electrons. The minimum Gasteiger partial charge on any atom is -0.283 e. The number of carbonyl (C=O) groups is 2. The first-order chi connectivity index (χ1) is 12.6. The van der Waals surface area contributed by atoms with Crippen LogP contribution in [-0.2, 0) is 16.2 Å². The zero-order valence-corrected chi connectivity index (χ0v) is 14.5. The number of rotatable bonds is 5. The number of amides is 2. The van der Waals surface area contributed by atoms with Crippen LogP contribution in [0.25, 0.3) is 0 Å². The summed E-state index contributed by atoms with van der Waals surface area (Å²) in [4.78, 5) is 25.2. The first-order valence-corrected chi connectivity index (χ1v) is 9.37. The van der Waals surface area contributed by atoms with Gasteiger partial charge < -0.3 is 0 Å². The lowest BCUT2D eigenvalue weighted by Gasteiger charge is -2.15. The van der Waals surface area contributed by atoms with Crippen LogP contribution in [0.5, 0.6) is 0 Å². The summed E-state index contributed by atoms with van der Waals surface area (Å²) < 4.78 is 64.5. The summed E-state index contributed by atoms with van der Waals surface area (Å²) in [5, 5.41) is 0. The molecule has 0 aromatic heterocycles. The van der Waals surface area contributed by atoms with Gasteiger partial charge >= 0.3 is 6.18 Å². The summed E-state index contributed by atoms with van der Waals surface area (Å²) in [6.07, 6.45) is -4.61. The molecule has 0 radical (unpaired) electrons. The quantitative estimate of drug-likeness (QED) is 0.785. The Hall–Kier alpha value is -2.88. The Morgan fingerprint density at radius 3 is 2.07 bits per heavy atom. The van der Waals surface area contributed by atoms with E-state index in [4.69, 9.17) is 0 Å². The summed E-state index contributed by atoms with van der Waals surface area (Å²) in [6.45, 7) is -0.416. The molecular formula is C17H13F3N2O4S. The average Bonchev–Trinajstić information content (AvgIpc) is 2.84. The Kier molecular flexibility index (Phi) is 4.68. The summed E-state index contributed by atoms with van der Waals surface area (Å²) in [7, 11) is -4.08. The largest absolute Gasteiger partial charge is 0.416 e. The third kappa shape index (κ3) is 3.95. The van der Waals surface area contributed by atoms with Crippen molar-refractivity contribution in [1.29, 1.82) is 0 Å². The number of nitrogens with zero attached hydrogens (tertiary/aromatic N) is 1. The molecule has 0 spiro atoms. The van der Waals surface area contributed by atoms with Gasteiger partial charge in [0.05, 0.1) is 22.4 Å². The molecule has 2 amide bonds. The van der Waals surface area contributed by atoms with Gasteiger partial charge in [-0.1, -0.05) is 18.2 Å². The topological polar surface area (TPSA) is 83.6 Å². The first kappa shape index (κ1) is 18.9. The maximum atomic E-state index is 12.7. The highest BCUT2D eigenvalue weighted by molar-refractivity contribution is 7.92. The van der Waals surface area contributed by atoms with E-state index in [1.54, 1.807) is 12.1 Å². The van der Waals surface area contributed by atoms with Crippen LogP contribution in [0, 0.1) is 0 Å². The zero-order chi connectivity index (χ0) is 19.8. The third-order valence-electron chi connectivity index (χ3n) is 3.93. The molecule has 0 saturated heterocycles. The SMILES string of the molecule is O=C1c2ccccc2C(=O)N1CCS(=O)(=O)Nc1cccc(C(F)(F)F)c1. The van der Waals surface area contributed by atoms with E-state index in [1.807, 2.05) is 4.72 Å². The van der Waals surface area contributed by atoms with Crippen LogP contribution in [0.2, 0.25) is 0 Å². The molecule has 0 bridgehead atoms. The first-order valence-electron chi connectivity index (χ1n) is 7.71. The van der Waals surface area contributed by atoms with Crippen LogP contribution >= 0.6 is 0 Å². The van der Waals surface area contributed by atoms with Gasteiger partial charge in [0, 0.05) is 12.2 Å². The number of hydrogen-bond donors (Lipinski definition) is 1. The van der Waals surface area contributed by atoms with Gasteiger partial charge in [0.2, 0.25) is 10.0 Å².